The van der Waals surface area contributed by atoms with Gasteiger partial charge in [-0.3, -0.25) is 9.78 Å². The van der Waals surface area contributed by atoms with Crippen molar-refractivity contribution in [1.82, 2.24) is 15.3 Å². The number of hydrogen-bond acceptors (Lipinski definition) is 4. The smallest absolute Gasteiger partial charge is 0.417 e. The first-order valence-electron chi connectivity index (χ1n) is 8.38. The molecule has 1 N–H and O–H groups in total. The second-order valence-corrected chi connectivity index (χ2v) is 7.27. The lowest BCUT2D eigenvalue weighted by Crippen LogP contribution is -2.42. The third kappa shape index (κ3) is 5.67. The highest BCUT2D eigenvalue weighted by atomic mass is 19.4. The molecule has 0 aliphatic rings. The van der Waals surface area contributed by atoms with Gasteiger partial charge in [-0.05, 0) is 30.0 Å². The van der Waals surface area contributed by atoms with E-state index in [1.54, 1.807) is 31.5 Å². The summed E-state index contributed by atoms with van der Waals surface area (Å²) in [5, 5.41) is 2.60. The Hall–Kier alpha value is -2.64. The quantitative estimate of drug-likeness (QED) is 0.841. The molecular formula is C19H22F3N3O2. The number of alkyl halides is 3. The van der Waals surface area contributed by atoms with Crippen LogP contribution in [0.2, 0.25) is 0 Å². The van der Waals surface area contributed by atoms with Crippen LogP contribution in [0, 0.1) is 5.41 Å². The summed E-state index contributed by atoms with van der Waals surface area (Å²) >= 11 is 0. The zero-order chi connectivity index (χ0) is 20.2. The molecule has 0 saturated carbocycles. The van der Waals surface area contributed by atoms with E-state index in [4.69, 9.17) is 4.74 Å². The molecule has 0 aromatic carbocycles. The van der Waals surface area contributed by atoms with Gasteiger partial charge < -0.3 is 10.1 Å². The molecule has 1 amide bonds. The second-order valence-electron chi connectivity index (χ2n) is 7.27. The average molecular weight is 381 g/mol. The van der Waals surface area contributed by atoms with Gasteiger partial charge in [-0.1, -0.05) is 20.8 Å². The Morgan fingerprint density at radius 1 is 1.22 bits per heavy atom. The van der Waals surface area contributed by atoms with E-state index in [-0.39, 0.29) is 23.9 Å². The molecule has 0 bridgehead atoms. The number of rotatable bonds is 5. The maximum atomic E-state index is 13.5. The summed E-state index contributed by atoms with van der Waals surface area (Å²) in [4.78, 5) is 20.1. The van der Waals surface area contributed by atoms with Crippen LogP contribution in [0.3, 0.4) is 0 Å². The molecule has 2 aromatic heterocycles. The van der Waals surface area contributed by atoms with Gasteiger partial charge in [0.2, 0.25) is 5.88 Å². The molecule has 1 atom stereocenters. The normalized spacial score (nSPS) is 13.1. The van der Waals surface area contributed by atoms with Crippen LogP contribution in [0.25, 0.3) is 0 Å². The van der Waals surface area contributed by atoms with E-state index in [0.717, 1.165) is 17.8 Å². The van der Waals surface area contributed by atoms with E-state index < -0.39 is 23.2 Å². The maximum Gasteiger partial charge on any atom is 0.417 e. The molecule has 8 heteroatoms. The Morgan fingerprint density at radius 3 is 2.41 bits per heavy atom. The summed E-state index contributed by atoms with van der Waals surface area (Å²) in [5.41, 5.74) is -1.17. The van der Waals surface area contributed by atoms with Gasteiger partial charge in [0.1, 0.15) is 6.61 Å². The van der Waals surface area contributed by atoms with Gasteiger partial charge in [-0.15, -0.1) is 0 Å². The number of halogens is 3. The third-order valence-corrected chi connectivity index (χ3v) is 4.21. The predicted octanol–water partition coefficient (Wildman–Crippen LogP) is 4.24. The number of amides is 1. The first-order chi connectivity index (χ1) is 12.5. The summed E-state index contributed by atoms with van der Waals surface area (Å²) < 4.78 is 45.7. The van der Waals surface area contributed by atoms with Gasteiger partial charge in [0.05, 0.1) is 11.1 Å². The molecule has 0 saturated heterocycles. The molecule has 0 fully saturated rings. The summed E-state index contributed by atoms with van der Waals surface area (Å²) in [7, 11) is 0. The molecular weight excluding hydrogens is 359 g/mol. The van der Waals surface area contributed by atoms with Crippen LogP contribution in [0.4, 0.5) is 13.2 Å². The third-order valence-electron chi connectivity index (χ3n) is 4.21. The fourth-order valence-corrected chi connectivity index (χ4v) is 2.06. The molecule has 0 spiro atoms. The highest BCUT2D eigenvalue weighted by Gasteiger charge is 2.37. The van der Waals surface area contributed by atoms with Gasteiger partial charge in [0.25, 0.3) is 5.91 Å². The number of pyridine rings is 2. The number of nitrogens with zero attached hydrogens (tertiary/aromatic N) is 2. The molecule has 146 valence electrons. The van der Waals surface area contributed by atoms with E-state index in [2.05, 4.69) is 15.3 Å². The van der Waals surface area contributed by atoms with Crippen molar-refractivity contribution in [2.75, 3.05) is 0 Å². The SMILES string of the molecule is C[C@@H](NC(=O)c1cnc(OCc2ccncc2)cc1C(F)(F)F)C(C)(C)C. The Labute approximate surface area is 156 Å². The minimum Gasteiger partial charge on any atom is -0.473 e. The van der Waals surface area contributed by atoms with Gasteiger partial charge in [0.15, 0.2) is 0 Å². The van der Waals surface area contributed by atoms with Gasteiger partial charge >= 0.3 is 6.18 Å². The second kappa shape index (κ2) is 7.94. The Balaban J connectivity index is 2.24. The molecule has 0 radical (unpaired) electrons. The van der Waals surface area contributed by atoms with Crippen LogP contribution >= 0.6 is 0 Å². The summed E-state index contributed by atoms with van der Waals surface area (Å²) in [5.74, 6) is -1.03. The highest BCUT2D eigenvalue weighted by molar-refractivity contribution is 5.95. The van der Waals surface area contributed by atoms with Crippen LogP contribution in [0.1, 0.15) is 49.2 Å². The number of ether oxygens (including phenoxy) is 1. The Morgan fingerprint density at radius 2 is 1.85 bits per heavy atom. The van der Waals surface area contributed by atoms with Crippen LogP contribution in [-0.4, -0.2) is 21.9 Å². The van der Waals surface area contributed by atoms with Crippen molar-refractivity contribution in [2.45, 2.75) is 46.5 Å². The first kappa shape index (κ1) is 20.7. The number of aromatic nitrogens is 2. The molecule has 2 heterocycles. The van der Waals surface area contributed by atoms with E-state index in [1.165, 1.54) is 0 Å². The van der Waals surface area contributed by atoms with Crippen LogP contribution in [0.5, 0.6) is 5.88 Å². The fraction of sp³-hybridized carbons (Fsp3) is 0.421. The van der Waals surface area contributed by atoms with E-state index >= 15 is 0 Å². The lowest BCUT2D eigenvalue weighted by Gasteiger charge is -2.28. The Bertz CT molecular complexity index is 787. The molecule has 5 nitrogen and oxygen atoms in total. The van der Waals surface area contributed by atoms with Crippen molar-refractivity contribution >= 4 is 5.91 Å². The van der Waals surface area contributed by atoms with Crippen molar-refractivity contribution in [3.63, 3.8) is 0 Å². The van der Waals surface area contributed by atoms with Crippen molar-refractivity contribution in [3.8, 4) is 5.88 Å². The predicted molar refractivity (Wildman–Crippen MR) is 94.2 cm³/mol. The van der Waals surface area contributed by atoms with Gasteiger partial charge in [-0.25, -0.2) is 4.98 Å². The summed E-state index contributed by atoms with van der Waals surface area (Å²) in [6.45, 7) is 7.44. The van der Waals surface area contributed by atoms with Crippen LogP contribution in [0.15, 0.2) is 36.8 Å². The largest absolute Gasteiger partial charge is 0.473 e. The minimum absolute atomic E-state index is 0.0411. The monoisotopic (exact) mass is 381 g/mol. The molecule has 27 heavy (non-hydrogen) atoms. The zero-order valence-electron chi connectivity index (χ0n) is 15.6. The van der Waals surface area contributed by atoms with Gasteiger partial charge in [0, 0.05) is 30.7 Å². The van der Waals surface area contributed by atoms with E-state index in [0.29, 0.717) is 0 Å². The van der Waals surface area contributed by atoms with Crippen molar-refractivity contribution in [3.05, 3.63) is 53.5 Å². The number of carbonyl (C=O) groups excluding carboxylic acids is 1. The standard InChI is InChI=1S/C19H22F3N3O2/c1-12(18(2,3)4)25-17(26)14-10-24-16(9-15(14)19(20,21)22)27-11-13-5-7-23-8-6-13/h5-10,12H,11H2,1-4H3,(H,25,26)/t12-/m1/s1. The topological polar surface area (TPSA) is 64.1 Å². The average Bonchev–Trinajstić information content (AvgIpc) is 2.59. The van der Waals surface area contributed by atoms with Crippen LogP contribution in [-0.2, 0) is 12.8 Å². The summed E-state index contributed by atoms with van der Waals surface area (Å²) in [6, 6.07) is 3.78. The maximum absolute atomic E-state index is 13.5. The van der Waals surface area contributed by atoms with E-state index in [1.807, 2.05) is 20.8 Å². The zero-order valence-corrected chi connectivity index (χ0v) is 15.6. The Kier molecular flexibility index (Phi) is 6.08. The lowest BCUT2D eigenvalue weighted by molar-refractivity contribution is -0.138. The molecule has 0 aliphatic heterocycles. The fourth-order valence-electron chi connectivity index (χ4n) is 2.06. The molecule has 2 rings (SSSR count). The minimum atomic E-state index is -4.71. The summed E-state index contributed by atoms with van der Waals surface area (Å²) in [6.07, 6.45) is -0.709. The molecule has 2 aromatic rings. The number of carbonyl (C=O) groups is 1. The molecule has 0 aliphatic carbocycles. The van der Waals surface area contributed by atoms with Gasteiger partial charge in [-0.2, -0.15) is 13.2 Å². The lowest BCUT2D eigenvalue weighted by atomic mass is 9.88. The van der Waals surface area contributed by atoms with Crippen molar-refractivity contribution in [1.29, 1.82) is 0 Å². The van der Waals surface area contributed by atoms with Crippen LogP contribution < -0.4 is 10.1 Å². The van der Waals surface area contributed by atoms with E-state index in [9.17, 15) is 18.0 Å². The van der Waals surface area contributed by atoms with Crippen molar-refractivity contribution in [2.24, 2.45) is 5.41 Å². The number of hydrogen-bond donors (Lipinski definition) is 1. The number of nitrogens with one attached hydrogen (secondary N) is 1. The molecule has 0 unspecified atom stereocenters. The highest BCUT2D eigenvalue weighted by Crippen LogP contribution is 2.34. The first-order valence-corrected chi connectivity index (χ1v) is 8.38. The van der Waals surface area contributed by atoms with Crippen molar-refractivity contribution < 1.29 is 22.7 Å².